The average molecular weight is 264 g/mol. The molecule has 0 aliphatic heterocycles. The lowest BCUT2D eigenvalue weighted by Gasteiger charge is -2.12. The van der Waals surface area contributed by atoms with Gasteiger partial charge in [0.2, 0.25) is 0 Å². The van der Waals surface area contributed by atoms with Gasteiger partial charge in [-0.25, -0.2) is 4.98 Å². The first-order valence-electron chi connectivity index (χ1n) is 6.49. The average Bonchev–Trinajstić information content (AvgIpc) is 2.81. The molecule has 0 saturated carbocycles. The molecule has 1 atom stereocenters. The minimum atomic E-state index is 0.634. The number of oxazole rings is 1. The van der Waals surface area contributed by atoms with E-state index in [9.17, 15) is 0 Å². The van der Waals surface area contributed by atoms with Gasteiger partial charge in [0.15, 0.2) is 5.58 Å². The molecule has 0 saturated heterocycles. The quantitative estimate of drug-likeness (QED) is 0.611. The number of hydrogen-bond acceptors (Lipinski definition) is 4. The van der Waals surface area contributed by atoms with Crippen molar-refractivity contribution in [1.82, 2.24) is 10.3 Å². The van der Waals surface area contributed by atoms with Gasteiger partial charge in [0.05, 0.1) is 0 Å². The van der Waals surface area contributed by atoms with Gasteiger partial charge in [-0.05, 0) is 38.4 Å². The minimum absolute atomic E-state index is 0.634. The van der Waals surface area contributed by atoms with Crippen LogP contribution in [0.2, 0.25) is 0 Å². The molecule has 0 bridgehead atoms. The van der Waals surface area contributed by atoms with E-state index in [-0.39, 0.29) is 0 Å². The second-order valence-electron chi connectivity index (χ2n) is 4.33. The molecule has 2 rings (SSSR count). The summed E-state index contributed by atoms with van der Waals surface area (Å²) in [5.41, 5.74) is 1.82. The molecule has 0 aliphatic carbocycles. The zero-order valence-corrected chi connectivity index (χ0v) is 11.8. The normalized spacial score (nSPS) is 13.0. The predicted octanol–water partition coefficient (Wildman–Crippen LogP) is 3.70. The highest BCUT2D eigenvalue weighted by Gasteiger charge is 2.06. The smallest absolute Gasteiger partial charge is 0.256 e. The molecule has 0 amide bonds. The zero-order chi connectivity index (χ0) is 12.8. The van der Waals surface area contributed by atoms with Gasteiger partial charge in [0.1, 0.15) is 5.52 Å². The van der Waals surface area contributed by atoms with E-state index in [0.29, 0.717) is 6.04 Å². The highest BCUT2D eigenvalue weighted by molar-refractivity contribution is 7.99. The Morgan fingerprint density at radius 3 is 2.94 bits per heavy atom. The van der Waals surface area contributed by atoms with Gasteiger partial charge in [-0.3, -0.25) is 0 Å². The third-order valence-electron chi connectivity index (χ3n) is 3.10. The maximum atomic E-state index is 5.66. The molecule has 1 aromatic heterocycles. The maximum Gasteiger partial charge on any atom is 0.256 e. The van der Waals surface area contributed by atoms with E-state index in [2.05, 4.69) is 17.2 Å². The maximum absolute atomic E-state index is 5.66. The van der Waals surface area contributed by atoms with Gasteiger partial charge in [0, 0.05) is 11.8 Å². The van der Waals surface area contributed by atoms with E-state index in [1.54, 1.807) is 11.8 Å². The highest BCUT2D eigenvalue weighted by atomic mass is 32.2. The van der Waals surface area contributed by atoms with Gasteiger partial charge in [-0.15, -0.1) is 0 Å². The number of thioether (sulfide) groups is 1. The molecule has 2 aromatic rings. The Labute approximate surface area is 112 Å². The highest BCUT2D eigenvalue weighted by Crippen LogP contribution is 2.24. The molecular weight excluding hydrogens is 244 g/mol. The molecule has 1 N–H and O–H groups in total. The monoisotopic (exact) mass is 264 g/mol. The Bertz CT molecular complexity index is 446. The Balaban J connectivity index is 1.80. The number of fused-ring (bicyclic) bond motifs is 1. The topological polar surface area (TPSA) is 38.1 Å². The molecule has 1 aromatic carbocycles. The second-order valence-corrected chi connectivity index (χ2v) is 5.38. The molecule has 3 nitrogen and oxygen atoms in total. The molecule has 0 aliphatic rings. The SMILES string of the molecule is CCC(CCCSc1nc2ccccc2o1)NC. The summed E-state index contributed by atoms with van der Waals surface area (Å²) in [4.78, 5) is 4.45. The number of benzene rings is 1. The third-order valence-corrected chi connectivity index (χ3v) is 4.01. The van der Waals surface area contributed by atoms with Crippen molar-refractivity contribution in [1.29, 1.82) is 0 Å². The lowest BCUT2D eigenvalue weighted by atomic mass is 10.1. The van der Waals surface area contributed by atoms with Crippen molar-refractivity contribution < 1.29 is 4.42 Å². The fourth-order valence-corrected chi connectivity index (χ4v) is 2.75. The number of nitrogens with zero attached hydrogens (tertiary/aromatic N) is 1. The van der Waals surface area contributed by atoms with Crippen molar-refractivity contribution in [2.24, 2.45) is 0 Å². The number of rotatable bonds is 7. The fraction of sp³-hybridized carbons (Fsp3) is 0.500. The second kappa shape index (κ2) is 6.81. The zero-order valence-electron chi connectivity index (χ0n) is 11.0. The third kappa shape index (κ3) is 3.50. The van der Waals surface area contributed by atoms with Crippen LogP contribution in [-0.4, -0.2) is 23.8 Å². The van der Waals surface area contributed by atoms with Gasteiger partial charge in [0.25, 0.3) is 5.22 Å². The molecule has 0 fully saturated rings. The van der Waals surface area contributed by atoms with Crippen molar-refractivity contribution in [3.05, 3.63) is 24.3 Å². The summed E-state index contributed by atoms with van der Waals surface area (Å²) < 4.78 is 5.66. The van der Waals surface area contributed by atoms with Crippen LogP contribution in [0.15, 0.2) is 33.9 Å². The van der Waals surface area contributed by atoms with Crippen LogP contribution in [0, 0.1) is 0 Å². The Hall–Kier alpha value is -1.00. The first kappa shape index (κ1) is 13.4. The van der Waals surface area contributed by atoms with Crippen molar-refractivity contribution in [2.45, 2.75) is 37.5 Å². The van der Waals surface area contributed by atoms with E-state index >= 15 is 0 Å². The van der Waals surface area contributed by atoms with Crippen molar-refractivity contribution in [3.8, 4) is 0 Å². The molecule has 98 valence electrons. The van der Waals surface area contributed by atoms with E-state index in [1.807, 2.05) is 31.3 Å². The predicted molar refractivity (Wildman–Crippen MR) is 77.1 cm³/mol. The lowest BCUT2D eigenvalue weighted by Crippen LogP contribution is -2.23. The van der Waals surface area contributed by atoms with Crippen molar-refractivity contribution in [2.75, 3.05) is 12.8 Å². The molecule has 0 radical (unpaired) electrons. The fourth-order valence-electron chi connectivity index (χ4n) is 1.95. The van der Waals surface area contributed by atoms with Crippen LogP contribution in [0.5, 0.6) is 0 Å². The molecule has 18 heavy (non-hydrogen) atoms. The molecule has 0 spiro atoms. The largest absolute Gasteiger partial charge is 0.431 e. The minimum Gasteiger partial charge on any atom is -0.431 e. The Morgan fingerprint density at radius 1 is 1.39 bits per heavy atom. The summed E-state index contributed by atoms with van der Waals surface area (Å²) in [6.07, 6.45) is 3.58. The lowest BCUT2D eigenvalue weighted by molar-refractivity contribution is 0.486. The summed E-state index contributed by atoms with van der Waals surface area (Å²) in [5, 5.41) is 4.11. The van der Waals surface area contributed by atoms with Crippen LogP contribution < -0.4 is 5.32 Å². The van der Waals surface area contributed by atoms with Crippen LogP contribution in [0.1, 0.15) is 26.2 Å². The molecule has 4 heteroatoms. The van der Waals surface area contributed by atoms with Gasteiger partial charge < -0.3 is 9.73 Å². The van der Waals surface area contributed by atoms with E-state index in [1.165, 1.54) is 19.3 Å². The van der Waals surface area contributed by atoms with Crippen LogP contribution in [0.4, 0.5) is 0 Å². The first-order chi connectivity index (χ1) is 8.83. The summed E-state index contributed by atoms with van der Waals surface area (Å²) in [6, 6.07) is 8.53. The standard InChI is InChI=1S/C14H20N2OS/c1-3-11(15-2)7-6-10-18-14-16-12-8-4-5-9-13(12)17-14/h4-5,8-9,11,15H,3,6-7,10H2,1-2H3. The number of nitrogens with one attached hydrogen (secondary N) is 1. The molecule has 1 heterocycles. The first-order valence-corrected chi connectivity index (χ1v) is 7.47. The number of para-hydroxylation sites is 2. The molecule has 1 unspecified atom stereocenters. The van der Waals surface area contributed by atoms with Crippen LogP contribution in [0.25, 0.3) is 11.1 Å². The van der Waals surface area contributed by atoms with Crippen LogP contribution in [0.3, 0.4) is 0 Å². The number of aromatic nitrogens is 1. The van der Waals surface area contributed by atoms with Gasteiger partial charge >= 0.3 is 0 Å². The summed E-state index contributed by atoms with van der Waals surface area (Å²) in [5.74, 6) is 1.06. The Morgan fingerprint density at radius 2 is 2.22 bits per heavy atom. The van der Waals surface area contributed by atoms with Crippen LogP contribution >= 0.6 is 11.8 Å². The van der Waals surface area contributed by atoms with Crippen molar-refractivity contribution >= 4 is 22.9 Å². The number of hydrogen-bond donors (Lipinski definition) is 1. The summed E-state index contributed by atoms with van der Waals surface area (Å²) in [6.45, 7) is 2.22. The van der Waals surface area contributed by atoms with Gasteiger partial charge in [-0.2, -0.15) is 0 Å². The van der Waals surface area contributed by atoms with E-state index in [0.717, 1.165) is 22.1 Å². The summed E-state index contributed by atoms with van der Waals surface area (Å²) >= 11 is 1.70. The van der Waals surface area contributed by atoms with E-state index < -0.39 is 0 Å². The summed E-state index contributed by atoms with van der Waals surface area (Å²) in [7, 11) is 2.03. The van der Waals surface area contributed by atoms with Gasteiger partial charge in [-0.1, -0.05) is 30.8 Å². The molecular formula is C14H20N2OS. The Kier molecular flexibility index (Phi) is 5.08. The van der Waals surface area contributed by atoms with Crippen molar-refractivity contribution in [3.63, 3.8) is 0 Å². The van der Waals surface area contributed by atoms with E-state index in [4.69, 9.17) is 4.42 Å². The van der Waals surface area contributed by atoms with Crippen LogP contribution in [-0.2, 0) is 0 Å².